The van der Waals surface area contributed by atoms with E-state index in [2.05, 4.69) is 59.2 Å². The summed E-state index contributed by atoms with van der Waals surface area (Å²) in [6, 6.07) is 9.19. The average Bonchev–Trinajstić information content (AvgIpc) is 2.75. The van der Waals surface area contributed by atoms with Crippen molar-refractivity contribution in [2.24, 2.45) is 17.7 Å². The van der Waals surface area contributed by atoms with Crippen LogP contribution in [0.1, 0.15) is 31.7 Å². The summed E-state index contributed by atoms with van der Waals surface area (Å²) >= 11 is 2.34. The summed E-state index contributed by atoms with van der Waals surface area (Å²) in [6.07, 6.45) is 5.08. The van der Waals surface area contributed by atoms with Crippen molar-refractivity contribution < 1.29 is 0 Å². The van der Waals surface area contributed by atoms with Gasteiger partial charge in [0.25, 0.3) is 0 Å². The van der Waals surface area contributed by atoms with Crippen LogP contribution in [-0.2, 0) is 6.42 Å². The molecule has 2 rings (SSSR count). The summed E-state index contributed by atoms with van der Waals surface area (Å²) in [5.41, 5.74) is 4.42. The first-order valence-corrected chi connectivity index (χ1v) is 7.49. The molecule has 0 spiro atoms. The minimum atomic E-state index is 0.424. The molecule has 3 atom stereocenters. The molecule has 94 valence electrons. The molecule has 1 aliphatic carbocycles. The number of hydrogen-bond acceptors (Lipinski definition) is 2. The maximum atomic E-state index is 5.74. The number of nitrogens with two attached hydrogens (primary N) is 1. The van der Waals surface area contributed by atoms with E-state index in [4.69, 9.17) is 5.84 Å². The summed E-state index contributed by atoms with van der Waals surface area (Å²) in [5, 5.41) is 0. The third-order valence-corrected chi connectivity index (χ3v) is 4.75. The van der Waals surface area contributed by atoms with E-state index in [-0.39, 0.29) is 0 Å². The molecular formula is C14H21IN2. The first-order valence-electron chi connectivity index (χ1n) is 6.41. The van der Waals surface area contributed by atoms with Crippen molar-refractivity contribution in [3.63, 3.8) is 0 Å². The highest BCUT2D eigenvalue weighted by atomic mass is 127. The van der Waals surface area contributed by atoms with Gasteiger partial charge < -0.3 is 0 Å². The molecule has 3 unspecified atom stereocenters. The van der Waals surface area contributed by atoms with Crippen LogP contribution >= 0.6 is 22.6 Å². The summed E-state index contributed by atoms with van der Waals surface area (Å²) in [6.45, 7) is 2.36. The first kappa shape index (κ1) is 13.3. The molecule has 3 N–H and O–H groups in total. The smallest absolute Gasteiger partial charge is 0.0281 e. The first-order chi connectivity index (χ1) is 8.20. The van der Waals surface area contributed by atoms with E-state index in [1.807, 2.05) is 0 Å². The molecule has 0 saturated heterocycles. The van der Waals surface area contributed by atoms with Gasteiger partial charge in [-0.25, -0.2) is 0 Å². The molecule has 0 bridgehead atoms. The molecule has 3 heteroatoms. The van der Waals surface area contributed by atoms with Gasteiger partial charge in [0.1, 0.15) is 0 Å². The lowest BCUT2D eigenvalue weighted by Gasteiger charge is -2.26. The summed E-state index contributed by atoms with van der Waals surface area (Å²) < 4.78 is 1.29. The van der Waals surface area contributed by atoms with Crippen LogP contribution in [0.25, 0.3) is 0 Å². The van der Waals surface area contributed by atoms with Gasteiger partial charge in [0, 0.05) is 9.61 Å². The minimum Gasteiger partial charge on any atom is -0.271 e. The van der Waals surface area contributed by atoms with E-state index in [1.165, 1.54) is 28.4 Å². The molecule has 0 amide bonds. The lowest BCUT2D eigenvalue weighted by Crippen LogP contribution is -2.43. The van der Waals surface area contributed by atoms with E-state index in [9.17, 15) is 0 Å². The molecule has 2 nitrogen and oxygen atoms in total. The molecular weight excluding hydrogens is 323 g/mol. The van der Waals surface area contributed by atoms with Crippen LogP contribution in [0.5, 0.6) is 0 Å². The van der Waals surface area contributed by atoms with Crippen molar-refractivity contribution in [1.29, 1.82) is 0 Å². The van der Waals surface area contributed by atoms with E-state index < -0.39 is 0 Å². The zero-order chi connectivity index (χ0) is 12.3. The standard InChI is InChI=1S/C14H21IN2/c1-10-3-2-4-13(10)14(17-16)9-11-5-7-12(15)8-6-11/h5-8,10,13-14,17H,2-4,9,16H2,1H3. The highest BCUT2D eigenvalue weighted by Gasteiger charge is 2.30. The van der Waals surface area contributed by atoms with Crippen LogP contribution in [0.3, 0.4) is 0 Å². The van der Waals surface area contributed by atoms with Crippen LogP contribution in [0, 0.1) is 15.4 Å². The van der Waals surface area contributed by atoms with Crippen molar-refractivity contribution in [3.05, 3.63) is 33.4 Å². The third kappa shape index (κ3) is 3.42. The highest BCUT2D eigenvalue weighted by molar-refractivity contribution is 14.1. The molecule has 1 fully saturated rings. The van der Waals surface area contributed by atoms with Gasteiger partial charge in [0.2, 0.25) is 0 Å². The van der Waals surface area contributed by atoms with Crippen molar-refractivity contribution in [2.45, 2.75) is 38.6 Å². The van der Waals surface area contributed by atoms with Crippen molar-refractivity contribution in [1.82, 2.24) is 5.43 Å². The van der Waals surface area contributed by atoms with E-state index in [0.717, 1.165) is 18.3 Å². The zero-order valence-electron chi connectivity index (χ0n) is 10.3. The molecule has 0 aromatic heterocycles. The summed E-state index contributed by atoms with van der Waals surface area (Å²) in [5.74, 6) is 7.28. The van der Waals surface area contributed by atoms with Crippen molar-refractivity contribution in [3.8, 4) is 0 Å². The lowest BCUT2D eigenvalue weighted by atomic mass is 9.87. The predicted octanol–water partition coefficient (Wildman–Crippen LogP) is 3.10. The normalized spacial score (nSPS) is 26.1. The predicted molar refractivity (Wildman–Crippen MR) is 80.5 cm³/mol. The zero-order valence-corrected chi connectivity index (χ0v) is 12.5. The number of rotatable bonds is 4. The highest BCUT2D eigenvalue weighted by Crippen LogP contribution is 2.34. The molecule has 0 aliphatic heterocycles. The summed E-state index contributed by atoms with van der Waals surface area (Å²) in [7, 11) is 0. The summed E-state index contributed by atoms with van der Waals surface area (Å²) in [4.78, 5) is 0. The molecule has 1 aromatic rings. The van der Waals surface area contributed by atoms with Gasteiger partial charge in [0.05, 0.1) is 0 Å². The largest absolute Gasteiger partial charge is 0.271 e. The van der Waals surface area contributed by atoms with E-state index in [1.54, 1.807) is 0 Å². The monoisotopic (exact) mass is 344 g/mol. The number of hydrazine groups is 1. The van der Waals surface area contributed by atoms with Gasteiger partial charge in [-0.2, -0.15) is 0 Å². The van der Waals surface area contributed by atoms with Crippen LogP contribution in [0.4, 0.5) is 0 Å². The fraction of sp³-hybridized carbons (Fsp3) is 0.571. The Balaban J connectivity index is 2.01. The van der Waals surface area contributed by atoms with E-state index >= 15 is 0 Å². The van der Waals surface area contributed by atoms with Crippen molar-refractivity contribution >= 4 is 22.6 Å². The second-order valence-electron chi connectivity index (χ2n) is 5.18. The van der Waals surface area contributed by atoms with Crippen molar-refractivity contribution in [2.75, 3.05) is 0 Å². The Hall–Kier alpha value is -0.130. The fourth-order valence-electron chi connectivity index (χ4n) is 2.98. The van der Waals surface area contributed by atoms with Gasteiger partial charge in [-0.15, -0.1) is 0 Å². The van der Waals surface area contributed by atoms with Crippen LogP contribution in [-0.4, -0.2) is 6.04 Å². The topological polar surface area (TPSA) is 38.0 Å². The van der Waals surface area contributed by atoms with Crippen LogP contribution in [0.2, 0.25) is 0 Å². The second kappa shape index (κ2) is 6.16. The average molecular weight is 344 g/mol. The number of hydrogen-bond donors (Lipinski definition) is 2. The van der Waals surface area contributed by atoms with Gasteiger partial charge in [-0.05, 0) is 65.0 Å². The number of nitrogens with one attached hydrogen (secondary N) is 1. The molecule has 1 saturated carbocycles. The fourth-order valence-corrected chi connectivity index (χ4v) is 3.34. The lowest BCUT2D eigenvalue weighted by molar-refractivity contribution is 0.297. The molecule has 0 radical (unpaired) electrons. The Labute approximate surface area is 117 Å². The van der Waals surface area contributed by atoms with Gasteiger partial charge in [-0.1, -0.05) is 31.9 Å². The van der Waals surface area contributed by atoms with Crippen LogP contribution < -0.4 is 11.3 Å². The molecule has 0 heterocycles. The number of halogens is 1. The quantitative estimate of drug-likeness (QED) is 0.500. The van der Waals surface area contributed by atoms with Gasteiger partial charge in [-0.3, -0.25) is 11.3 Å². The van der Waals surface area contributed by atoms with Gasteiger partial charge in [0.15, 0.2) is 0 Å². The molecule has 1 aliphatic rings. The second-order valence-corrected chi connectivity index (χ2v) is 6.42. The third-order valence-electron chi connectivity index (χ3n) is 4.03. The molecule has 1 aromatic carbocycles. The van der Waals surface area contributed by atoms with E-state index in [0.29, 0.717) is 6.04 Å². The SMILES string of the molecule is CC1CCCC1C(Cc1ccc(I)cc1)NN. The Bertz CT molecular complexity index is 350. The Morgan fingerprint density at radius 2 is 2.06 bits per heavy atom. The Morgan fingerprint density at radius 1 is 1.35 bits per heavy atom. The molecule has 17 heavy (non-hydrogen) atoms. The van der Waals surface area contributed by atoms with Crippen LogP contribution in [0.15, 0.2) is 24.3 Å². The Morgan fingerprint density at radius 3 is 2.59 bits per heavy atom. The Kier molecular flexibility index (Phi) is 4.82. The minimum absolute atomic E-state index is 0.424. The van der Waals surface area contributed by atoms with Gasteiger partial charge >= 0.3 is 0 Å². The number of benzene rings is 1. The maximum absolute atomic E-state index is 5.74. The maximum Gasteiger partial charge on any atom is 0.0281 e.